The Balaban J connectivity index is 1.63. The van der Waals surface area contributed by atoms with Gasteiger partial charge in [0.05, 0.1) is 16.9 Å². The number of amides is 2. The molecule has 29 heavy (non-hydrogen) atoms. The van der Waals surface area contributed by atoms with Gasteiger partial charge >= 0.3 is 0 Å². The molecule has 2 aromatic heterocycles. The maximum Gasteiger partial charge on any atom is 0.256 e. The number of hydrogen-bond donors (Lipinski definition) is 4. The number of H-pyrrole nitrogens is 1. The van der Waals surface area contributed by atoms with Gasteiger partial charge in [-0.15, -0.1) is 0 Å². The highest BCUT2D eigenvalue weighted by atomic mass is 16.2. The summed E-state index contributed by atoms with van der Waals surface area (Å²) in [6.45, 7) is 0.566. The van der Waals surface area contributed by atoms with Crippen molar-refractivity contribution in [1.29, 1.82) is 0 Å². The molecule has 0 unspecified atom stereocenters. The van der Waals surface area contributed by atoms with Crippen LogP contribution in [0.4, 0.5) is 11.4 Å². The molecule has 0 saturated heterocycles. The summed E-state index contributed by atoms with van der Waals surface area (Å²) in [5.41, 5.74) is 9.09. The number of aromatic nitrogens is 2. The standard InChI is InChI=1S/C22H19N5O2/c23-20(28)15-6-7-18(26-13-14-4-2-1-3-5-14)19(12-15)27-22(29)17-9-11-25-21-16(17)8-10-24-21/h1-12,26H,13H2,(H2,23,28)(H,24,25)(H,27,29). The molecule has 0 spiro atoms. The maximum atomic E-state index is 12.9. The summed E-state index contributed by atoms with van der Waals surface area (Å²) in [5.74, 6) is -0.867. The number of rotatable bonds is 6. The Morgan fingerprint density at radius 2 is 1.83 bits per heavy atom. The van der Waals surface area contributed by atoms with Crippen LogP contribution < -0.4 is 16.4 Å². The molecule has 4 aromatic rings. The highest BCUT2D eigenvalue weighted by molar-refractivity contribution is 6.13. The molecule has 0 fully saturated rings. The van der Waals surface area contributed by atoms with Gasteiger partial charge in [0.2, 0.25) is 5.91 Å². The van der Waals surface area contributed by atoms with Gasteiger partial charge in [0, 0.05) is 29.9 Å². The summed E-state index contributed by atoms with van der Waals surface area (Å²) < 4.78 is 0. The van der Waals surface area contributed by atoms with E-state index in [4.69, 9.17) is 5.73 Å². The van der Waals surface area contributed by atoms with Crippen molar-refractivity contribution in [3.63, 3.8) is 0 Å². The zero-order chi connectivity index (χ0) is 20.2. The molecule has 7 heteroatoms. The fraction of sp³-hybridized carbons (Fsp3) is 0.0455. The van der Waals surface area contributed by atoms with Crippen LogP contribution in [0.3, 0.4) is 0 Å². The van der Waals surface area contributed by atoms with Crippen molar-refractivity contribution in [2.45, 2.75) is 6.54 Å². The zero-order valence-corrected chi connectivity index (χ0v) is 15.5. The minimum absolute atomic E-state index is 0.304. The Kier molecular flexibility index (Phi) is 4.94. The number of nitrogens with two attached hydrogens (primary N) is 1. The molecule has 2 amide bonds. The van der Waals surface area contributed by atoms with Gasteiger partial charge in [0.15, 0.2) is 0 Å². The number of aromatic amines is 1. The van der Waals surface area contributed by atoms with Crippen LogP contribution in [-0.4, -0.2) is 21.8 Å². The summed E-state index contributed by atoms with van der Waals surface area (Å²) in [6, 6.07) is 18.3. The molecule has 2 heterocycles. The van der Waals surface area contributed by atoms with E-state index in [2.05, 4.69) is 20.6 Å². The third kappa shape index (κ3) is 3.93. The van der Waals surface area contributed by atoms with Gasteiger partial charge in [0.25, 0.3) is 5.91 Å². The molecule has 0 saturated carbocycles. The highest BCUT2D eigenvalue weighted by Gasteiger charge is 2.15. The van der Waals surface area contributed by atoms with Crippen molar-refractivity contribution in [1.82, 2.24) is 9.97 Å². The van der Waals surface area contributed by atoms with E-state index in [1.54, 1.807) is 42.7 Å². The lowest BCUT2D eigenvalue weighted by atomic mass is 10.1. The van der Waals surface area contributed by atoms with Gasteiger partial charge in [-0.2, -0.15) is 0 Å². The lowest BCUT2D eigenvalue weighted by molar-refractivity contribution is 0.0996. The summed E-state index contributed by atoms with van der Waals surface area (Å²) in [7, 11) is 0. The Bertz CT molecular complexity index is 1180. The number of nitrogens with one attached hydrogen (secondary N) is 3. The van der Waals surface area contributed by atoms with Crippen LogP contribution in [0.25, 0.3) is 11.0 Å². The summed E-state index contributed by atoms with van der Waals surface area (Å²) in [5, 5.41) is 6.91. The van der Waals surface area contributed by atoms with E-state index in [-0.39, 0.29) is 5.91 Å². The van der Waals surface area contributed by atoms with Crippen LogP contribution in [0, 0.1) is 0 Å². The van der Waals surface area contributed by atoms with Crippen molar-refractivity contribution in [2.24, 2.45) is 5.73 Å². The van der Waals surface area contributed by atoms with Crippen molar-refractivity contribution in [2.75, 3.05) is 10.6 Å². The van der Waals surface area contributed by atoms with Gasteiger partial charge in [-0.1, -0.05) is 30.3 Å². The summed E-state index contributed by atoms with van der Waals surface area (Å²) >= 11 is 0. The monoisotopic (exact) mass is 385 g/mol. The largest absolute Gasteiger partial charge is 0.379 e. The van der Waals surface area contributed by atoms with Gasteiger partial charge in [0.1, 0.15) is 5.65 Å². The molecule has 4 rings (SSSR count). The quantitative estimate of drug-likeness (QED) is 0.407. The number of anilines is 2. The van der Waals surface area contributed by atoms with Crippen molar-refractivity contribution >= 4 is 34.2 Å². The van der Waals surface area contributed by atoms with Crippen LogP contribution in [0.1, 0.15) is 26.3 Å². The van der Waals surface area contributed by atoms with E-state index < -0.39 is 5.91 Å². The molecule has 0 bridgehead atoms. The topological polar surface area (TPSA) is 113 Å². The van der Waals surface area contributed by atoms with E-state index >= 15 is 0 Å². The second-order valence-electron chi connectivity index (χ2n) is 6.52. The predicted octanol–water partition coefficient (Wildman–Crippen LogP) is 3.53. The number of carbonyl (C=O) groups excluding carboxylic acids is 2. The normalized spacial score (nSPS) is 10.6. The minimum atomic E-state index is -0.563. The molecule has 0 aliphatic rings. The third-order valence-corrected chi connectivity index (χ3v) is 4.58. The first-order chi connectivity index (χ1) is 14.1. The number of carbonyl (C=O) groups is 2. The first kappa shape index (κ1) is 18.2. The van der Waals surface area contributed by atoms with Crippen molar-refractivity contribution < 1.29 is 9.59 Å². The van der Waals surface area contributed by atoms with Gasteiger partial charge < -0.3 is 21.4 Å². The van der Waals surface area contributed by atoms with Crippen LogP contribution >= 0.6 is 0 Å². The molecule has 0 aliphatic carbocycles. The lowest BCUT2D eigenvalue weighted by Crippen LogP contribution is -2.16. The van der Waals surface area contributed by atoms with Crippen LogP contribution in [-0.2, 0) is 6.54 Å². The van der Waals surface area contributed by atoms with Crippen LogP contribution in [0.2, 0.25) is 0 Å². The smallest absolute Gasteiger partial charge is 0.256 e. The van der Waals surface area contributed by atoms with Crippen LogP contribution in [0.15, 0.2) is 73.1 Å². The number of pyridine rings is 1. The molecule has 0 atom stereocenters. The minimum Gasteiger partial charge on any atom is -0.379 e. The van der Waals surface area contributed by atoms with E-state index in [1.807, 2.05) is 30.3 Å². The number of benzene rings is 2. The zero-order valence-electron chi connectivity index (χ0n) is 15.5. The molecule has 2 aromatic carbocycles. The maximum absolute atomic E-state index is 12.9. The molecular formula is C22H19N5O2. The highest BCUT2D eigenvalue weighted by Crippen LogP contribution is 2.26. The number of fused-ring (bicyclic) bond motifs is 1. The Morgan fingerprint density at radius 1 is 1.00 bits per heavy atom. The number of nitrogens with zero attached hydrogens (tertiary/aromatic N) is 1. The first-order valence-electron chi connectivity index (χ1n) is 9.07. The van der Waals surface area contributed by atoms with Crippen LogP contribution in [0.5, 0.6) is 0 Å². The molecule has 0 radical (unpaired) electrons. The fourth-order valence-electron chi connectivity index (χ4n) is 3.10. The molecule has 0 aliphatic heterocycles. The predicted molar refractivity (Wildman–Crippen MR) is 113 cm³/mol. The Labute approximate surface area is 167 Å². The molecular weight excluding hydrogens is 366 g/mol. The SMILES string of the molecule is NC(=O)c1ccc(NCc2ccccc2)c(NC(=O)c2ccnc3[nH]ccc23)c1. The molecule has 5 N–H and O–H groups in total. The second-order valence-corrected chi connectivity index (χ2v) is 6.52. The fourth-order valence-corrected chi connectivity index (χ4v) is 3.10. The second kappa shape index (κ2) is 7.85. The summed E-state index contributed by atoms with van der Waals surface area (Å²) in [6.07, 6.45) is 3.30. The average molecular weight is 385 g/mol. The molecule has 7 nitrogen and oxygen atoms in total. The summed E-state index contributed by atoms with van der Waals surface area (Å²) in [4.78, 5) is 31.7. The van der Waals surface area contributed by atoms with E-state index in [0.717, 1.165) is 10.9 Å². The van der Waals surface area contributed by atoms with Crippen molar-refractivity contribution in [3.05, 3.63) is 89.7 Å². The number of hydrogen-bond acceptors (Lipinski definition) is 4. The molecule has 144 valence electrons. The van der Waals surface area contributed by atoms with Crippen molar-refractivity contribution in [3.8, 4) is 0 Å². The van der Waals surface area contributed by atoms with E-state index in [0.29, 0.717) is 34.7 Å². The third-order valence-electron chi connectivity index (χ3n) is 4.58. The van der Waals surface area contributed by atoms with Gasteiger partial charge in [-0.25, -0.2) is 4.98 Å². The Hall–Kier alpha value is -4.13. The van der Waals surface area contributed by atoms with E-state index in [9.17, 15) is 9.59 Å². The van der Waals surface area contributed by atoms with Gasteiger partial charge in [-0.05, 0) is 35.9 Å². The van der Waals surface area contributed by atoms with E-state index in [1.165, 1.54) is 0 Å². The Morgan fingerprint density at radius 3 is 2.62 bits per heavy atom. The number of primary amides is 1. The first-order valence-corrected chi connectivity index (χ1v) is 9.07. The average Bonchev–Trinajstić information content (AvgIpc) is 3.22. The lowest BCUT2D eigenvalue weighted by Gasteiger charge is -2.15. The van der Waals surface area contributed by atoms with Gasteiger partial charge in [-0.3, -0.25) is 9.59 Å².